The predicted molar refractivity (Wildman–Crippen MR) is 103 cm³/mol. The highest BCUT2D eigenvalue weighted by Crippen LogP contribution is 2.41. The van der Waals surface area contributed by atoms with E-state index in [0.29, 0.717) is 0 Å². The molecule has 4 atom stereocenters. The molecular weight excluding hydrogens is 416 g/mol. The van der Waals surface area contributed by atoms with Crippen LogP contribution in [0.2, 0.25) is 0 Å². The van der Waals surface area contributed by atoms with Crippen molar-refractivity contribution >= 4 is 11.0 Å². The lowest BCUT2D eigenvalue weighted by atomic mass is 10.1. The van der Waals surface area contributed by atoms with Crippen molar-refractivity contribution in [3.05, 3.63) is 40.6 Å². The van der Waals surface area contributed by atoms with Crippen LogP contribution < -0.4 is 10.2 Å². The SMILES string of the molecule is O=c1cc(-c2ccc(O)c(O)c2)oc2c(O)c(O[C@@H]3OC[C@@H](O)[C@H](O)C3O)cc(O)c12. The summed E-state index contributed by atoms with van der Waals surface area (Å²) in [5.74, 6) is -2.66. The highest BCUT2D eigenvalue weighted by atomic mass is 16.7. The molecule has 0 radical (unpaired) electrons. The fourth-order valence-corrected chi connectivity index (χ4v) is 3.20. The van der Waals surface area contributed by atoms with E-state index in [0.717, 1.165) is 18.2 Å². The second-order valence-corrected chi connectivity index (χ2v) is 6.99. The fourth-order valence-electron chi connectivity index (χ4n) is 3.20. The van der Waals surface area contributed by atoms with Crippen LogP contribution in [0.1, 0.15) is 0 Å². The predicted octanol–water partition coefficient (Wildman–Crippen LogP) is 0.100. The Morgan fingerprint density at radius 1 is 0.903 bits per heavy atom. The van der Waals surface area contributed by atoms with Gasteiger partial charge in [-0.15, -0.1) is 0 Å². The molecule has 0 saturated carbocycles. The highest BCUT2D eigenvalue weighted by molar-refractivity contribution is 5.91. The van der Waals surface area contributed by atoms with Gasteiger partial charge in [-0.25, -0.2) is 0 Å². The smallest absolute Gasteiger partial charge is 0.229 e. The summed E-state index contributed by atoms with van der Waals surface area (Å²) in [5, 5.41) is 68.9. The number of aromatic hydroxyl groups is 4. The van der Waals surface area contributed by atoms with Crippen LogP contribution in [0.4, 0.5) is 0 Å². The number of aliphatic hydroxyl groups excluding tert-OH is 3. The van der Waals surface area contributed by atoms with Gasteiger partial charge < -0.3 is 49.6 Å². The molecule has 1 fully saturated rings. The van der Waals surface area contributed by atoms with E-state index in [1.165, 1.54) is 12.1 Å². The fraction of sp³-hybridized carbons (Fsp3) is 0.250. The number of aliphatic hydroxyl groups is 3. The molecule has 0 aliphatic carbocycles. The van der Waals surface area contributed by atoms with E-state index in [1.54, 1.807) is 0 Å². The first-order chi connectivity index (χ1) is 14.7. The number of rotatable bonds is 3. The van der Waals surface area contributed by atoms with Gasteiger partial charge in [0.2, 0.25) is 12.0 Å². The number of hydrogen-bond donors (Lipinski definition) is 7. The molecule has 2 heterocycles. The largest absolute Gasteiger partial charge is 0.507 e. The van der Waals surface area contributed by atoms with Gasteiger partial charge in [0.15, 0.2) is 28.3 Å². The standard InChI is InChI=1S/C20H18O11/c21-8-2-1-7(3-9(8)22)13-4-10(23)15-11(24)5-14(17(27)19(15)30-13)31-20-18(28)16(26)12(25)6-29-20/h1-5,12,16,18,20-22,24-28H,6H2/t12-,16+,18?,20+/m1/s1. The van der Waals surface area contributed by atoms with Crippen LogP contribution in [0.15, 0.2) is 39.5 Å². The van der Waals surface area contributed by atoms with Crippen molar-refractivity contribution in [2.24, 2.45) is 0 Å². The molecule has 11 heteroatoms. The molecule has 1 aliphatic heterocycles. The second-order valence-electron chi connectivity index (χ2n) is 6.99. The third kappa shape index (κ3) is 3.59. The van der Waals surface area contributed by atoms with E-state index in [2.05, 4.69) is 0 Å². The monoisotopic (exact) mass is 434 g/mol. The average molecular weight is 434 g/mol. The highest BCUT2D eigenvalue weighted by Gasteiger charge is 2.39. The van der Waals surface area contributed by atoms with Crippen LogP contribution in [-0.4, -0.2) is 67.0 Å². The summed E-state index contributed by atoms with van der Waals surface area (Å²) in [6.07, 6.45) is -6.07. The lowest BCUT2D eigenvalue weighted by molar-refractivity contribution is -0.242. The lowest BCUT2D eigenvalue weighted by Gasteiger charge is -2.35. The Morgan fingerprint density at radius 2 is 1.65 bits per heavy atom. The van der Waals surface area contributed by atoms with Crippen LogP contribution >= 0.6 is 0 Å². The quantitative estimate of drug-likeness (QED) is 0.219. The van der Waals surface area contributed by atoms with Gasteiger partial charge in [-0.2, -0.15) is 0 Å². The molecule has 0 amide bonds. The Hall–Kier alpha value is -3.51. The van der Waals surface area contributed by atoms with Gasteiger partial charge in [-0.05, 0) is 18.2 Å². The Morgan fingerprint density at radius 3 is 2.35 bits per heavy atom. The summed E-state index contributed by atoms with van der Waals surface area (Å²) in [4.78, 5) is 12.5. The second kappa shape index (κ2) is 7.63. The van der Waals surface area contributed by atoms with Gasteiger partial charge in [-0.1, -0.05) is 0 Å². The van der Waals surface area contributed by atoms with Crippen molar-refractivity contribution in [2.75, 3.05) is 6.61 Å². The van der Waals surface area contributed by atoms with Crippen LogP contribution in [0, 0.1) is 0 Å². The Bertz CT molecular complexity index is 1200. The van der Waals surface area contributed by atoms with Gasteiger partial charge in [0.05, 0.1) is 6.61 Å². The van der Waals surface area contributed by atoms with Crippen molar-refractivity contribution < 1.29 is 49.6 Å². The summed E-state index contributed by atoms with van der Waals surface area (Å²) in [6, 6.07) is 5.60. The molecule has 164 valence electrons. The van der Waals surface area contributed by atoms with E-state index in [9.17, 15) is 40.5 Å². The average Bonchev–Trinajstić information content (AvgIpc) is 2.73. The molecule has 1 aromatic heterocycles. The minimum Gasteiger partial charge on any atom is -0.507 e. The topological polar surface area (TPSA) is 190 Å². The van der Waals surface area contributed by atoms with E-state index >= 15 is 0 Å². The van der Waals surface area contributed by atoms with Crippen molar-refractivity contribution in [3.8, 4) is 40.1 Å². The van der Waals surface area contributed by atoms with E-state index < -0.39 is 58.6 Å². The van der Waals surface area contributed by atoms with E-state index in [4.69, 9.17) is 13.9 Å². The number of benzene rings is 2. The molecule has 31 heavy (non-hydrogen) atoms. The maximum Gasteiger partial charge on any atom is 0.229 e. The molecular formula is C20H18O11. The number of phenols is 4. The van der Waals surface area contributed by atoms with Gasteiger partial charge >= 0.3 is 0 Å². The normalized spacial score (nSPS) is 23.7. The minimum absolute atomic E-state index is 0.0906. The molecule has 0 bridgehead atoms. The van der Waals surface area contributed by atoms with E-state index in [-0.39, 0.29) is 29.1 Å². The number of fused-ring (bicyclic) bond motifs is 1. The summed E-state index contributed by atoms with van der Waals surface area (Å²) in [7, 11) is 0. The number of phenolic OH excluding ortho intramolecular Hbond substituents is 4. The molecule has 0 spiro atoms. The molecule has 1 aliphatic rings. The van der Waals surface area contributed by atoms with E-state index in [1.807, 2.05) is 0 Å². The van der Waals surface area contributed by atoms with Crippen LogP contribution in [0.5, 0.6) is 28.7 Å². The van der Waals surface area contributed by atoms with Crippen molar-refractivity contribution in [1.29, 1.82) is 0 Å². The van der Waals surface area contributed by atoms with Gasteiger partial charge in [0.1, 0.15) is 35.2 Å². The molecule has 3 aromatic rings. The maximum absolute atomic E-state index is 12.5. The first-order valence-electron chi connectivity index (χ1n) is 9.05. The zero-order valence-electron chi connectivity index (χ0n) is 15.7. The molecule has 1 saturated heterocycles. The first-order valence-corrected chi connectivity index (χ1v) is 9.05. The van der Waals surface area contributed by atoms with Crippen LogP contribution in [0.3, 0.4) is 0 Å². The minimum atomic E-state index is -1.67. The molecule has 4 rings (SSSR count). The zero-order valence-corrected chi connectivity index (χ0v) is 15.7. The number of ether oxygens (including phenoxy) is 2. The lowest BCUT2D eigenvalue weighted by Crippen LogP contribution is -2.54. The van der Waals surface area contributed by atoms with Crippen molar-refractivity contribution in [2.45, 2.75) is 24.6 Å². The Labute approximate surface area is 173 Å². The molecule has 1 unspecified atom stereocenters. The Balaban J connectivity index is 1.79. The third-order valence-electron chi connectivity index (χ3n) is 4.88. The van der Waals surface area contributed by atoms with Gasteiger partial charge in [0.25, 0.3) is 0 Å². The van der Waals surface area contributed by atoms with Crippen molar-refractivity contribution in [1.82, 2.24) is 0 Å². The van der Waals surface area contributed by atoms with Gasteiger partial charge in [0, 0.05) is 17.7 Å². The summed E-state index contributed by atoms with van der Waals surface area (Å²) >= 11 is 0. The molecule has 7 N–H and O–H groups in total. The summed E-state index contributed by atoms with van der Waals surface area (Å²) in [6.45, 7) is -0.354. The first kappa shape index (κ1) is 20.8. The number of hydrogen-bond acceptors (Lipinski definition) is 11. The third-order valence-corrected chi connectivity index (χ3v) is 4.88. The van der Waals surface area contributed by atoms with Crippen LogP contribution in [-0.2, 0) is 4.74 Å². The summed E-state index contributed by atoms with van der Waals surface area (Å²) in [5.41, 5.74) is -0.964. The van der Waals surface area contributed by atoms with Crippen molar-refractivity contribution in [3.63, 3.8) is 0 Å². The maximum atomic E-state index is 12.5. The Kier molecular flexibility index (Phi) is 5.11. The molecule has 2 aromatic carbocycles. The van der Waals surface area contributed by atoms with Gasteiger partial charge in [-0.3, -0.25) is 4.79 Å². The summed E-state index contributed by atoms with van der Waals surface area (Å²) < 4.78 is 16.0. The molecule has 11 nitrogen and oxygen atoms in total. The zero-order chi connectivity index (χ0) is 22.4. The van der Waals surface area contributed by atoms with Crippen LogP contribution in [0.25, 0.3) is 22.3 Å².